The van der Waals surface area contributed by atoms with E-state index in [1.54, 1.807) is 25.1 Å². The summed E-state index contributed by atoms with van der Waals surface area (Å²) in [4.78, 5) is 2.72. The monoisotopic (exact) mass is 391 g/mol. The molecule has 0 saturated carbocycles. The molecule has 1 fully saturated rings. The molecule has 1 aromatic heterocycles. The van der Waals surface area contributed by atoms with Crippen molar-refractivity contribution in [2.24, 2.45) is 5.92 Å². The standard InChI is InChI=1S/C20H29N3O3S/c1-15-6-4-10-23(14-15)11-5-9-21-27(24,25)20-13-18(8-7-16(20)2)19-12-17(3)22-26-19/h7-8,12-13,15,21H,4-6,9-11,14H2,1-3H3/t15-/m1/s1. The van der Waals surface area contributed by atoms with Gasteiger partial charge >= 0.3 is 0 Å². The predicted molar refractivity (Wildman–Crippen MR) is 106 cm³/mol. The molecule has 1 N–H and O–H groups in total. The van der Waals surface area contributed by atoms with Crippen molar-refractivity contribution < 1.29 is 12.9 Å². The molecule has 0 spiro atoms. The molecule has 0 unspecified atom stereocenters. The minimum absolute atomic E-state index is 0.292. The van der Waals surface area contributed by atoms with Crippen LogP contribution in [0.25, 0.3) is 11.3 Å². The summed E-state index contributed by atoms with van der Waals surface area (Å²) in [7, 11) is -3.56. The van der Waals surface area contributed by atoms with Crippen LogP contribution < -0.4 is 4.72 Å². The third-order valence-electron chi connectivity index (χ3n) is 5.07. The molecule has 0 amide bonds. The van der Waals surface area contributed by atoms with Gasteiger partial charge < -0.3 is 9.42 Å². The van der Waals surface area contributed by atoms with Gasteiger partial charge in [0.2, 0.25) is 10.0 Å². The summed E-state index contributed by atoms with van der Waals surface area (Å²) in [5.74, 6) is 1.31. The maximum Gasteiger partial charge on any atom is 0.240 e. The lowest BCUT2D eigenvalue weighted by molar-refractivity contribution is 0.182. The van der Waals surface area contributed by atoms with Crippen LogP contribution in [0.4, 0.5) is 0 Å². The highest BCUT2D eigenvalue weighted by atomic mass is 32.2. The van der Waals surface area contributed by atoms with Crippen LogP contribution in [0, 0.1) is 19.8 Å². The van der Waals surface area contributed by atoms with Crippen LogP contribution in [-0.2, 0) is 10.0 Å². The maximum absolute atomic E-state index is 12.8. The summed E-state index contributed by atoms with van der Waals surface area (Å²) in [6.07, 6.45) is 3.34. The van der Waals surface area contributed by atoms with Gasteiger partial charge in [0.05, 0.1) is 10.6 Å². The Bertz CT molecular complexity index is 876. The molecule has 1 aliphatic rings. The lowest BCUT2D eigenvalue weighted by atomic mass is 10.0. The van der Waals surface area contributed by atoms with Crippen molar-refractivity contribution in [3.05, 3.63) is 35.5 Å². The Morgan fingerprint density at radius 3 is 2.81 bits per heavy atom. The molecule has 1 atom stereocenters. The zero-order valence-corrected chi connectivity index (χ0v) is 17.2. The summed E-state index contributed by atoms with van der Waals surface area (Å²) in [5, 5.41) is 3.87. The van der Waals surface area contributed by atoms with Crippen LogP contribution >= 0.6 is 0 Å². The van der Waals surface area contributed by atoms with Gasteiger partial charge in [-0.2, -0.15) is 0 Å². The normalized spacial score (nSPS) is 18.7. The van der Waals surface area contributed by atoms with E-state index in [1.807, 2.05) is 13.0 Å². The second-order valence-corrected chi connectivity index (χ2v) is 9.35. The van der Waals surface area contributed by atoms with Crippen LogP contribution in [-0.4, -0.2) is 44.7 Å². The SMILES string of the molecule is Cc1cc(-c2ccc(C)c(S(=O)(=O)NCCCN3CCC[C@@H](C)C3)c2)on1. The summed E-state index contributed by atoms with van der Waals surface area (Å²) >= 11 is 0. The fourth-order valence-electron chi connectivity index (χ4n) is 3.62. The molecule has 0 radical (unpaired) electrons. The first-order valence-electron chi connectivity index (χ1n) is 9.61. The van der Waals surface area contributed by atoms with Crippen LogP contribution in [0.1, 0.15) is 37.4 Å². The lowest BCUT2D eigenvalue weighted by Crippen LogP contribution is -2.36. The van der Waals surface area contributed by atoms with Gasteiger partial charge in [0.25, 0.3) is 0 Å². The van der Waals surface area contributed by atoms with Gasteiger partial charge in [-0.05, 0) is 63.7 Å². The van der Waals surface area contributed by atoms with E-state index >= 15 is 0 Å². The van der Waals surface area contributed by atoms with Gasteiger partial charge in [0.15, 0.2) is 5.76 Å². The van der Waals surface area contributed by atoms with Crippen LogP contribution in [0.2, 0.25) is 0 Å². The Balaban J connectivity index is 1.62. The maximum atomic E-state index is 12.8. The van der Waals surface area contributed by atoms with Gasteiger partial charge in [0, 0.05) is 24.7 Å². The van der Waals surface area contributed by atoms with E-state index in [2.05, 4.69) is 21.7 Å². The zero-order chi connectivity index (χ0) is 19.4. The first kappa shape index (κ1) is 20.0. The largest absolute Gasteiger partial charge is 0.356 e. The molecule has 27 heavy (non-hydrogen) atoms. The summed E-state index contributed by atoms with van der Waals surface area (Å²) in [6.45, 7) is 9.53. The summed E-state index contributed by atoms with van der Waals surface area (Å²) in [6, 6.07) is 7.11. The highest BCUT2D eigenvalue weighted by Gasteiger charge is 2.19. The number of aromatic nitrogens is 1. The average Bonchev–Trinajstić information content (AvgIpc) is 3.05. The minimum Gasteiger partial charge on any atom is -0.356 e. The number of nitrogens with zero attached hydrogens (tertiary/aromatic N) is 2. The Morgan fingerprint density at radius 2 is 2.11 bits per heavy atom. The van der Waals surface area contributed by atoms with Crippen molar-refractivity contribution in [1.29, 1.82) is 0 Å². The second-order valence-electron chi connectivity index (χ2n) is 7.61. The molecular formula is C20H29N3O3S. The van der Waals surface area contributed by atoms with Crippen LogP contribution in [0.15, 0.2) is 33.7 Å². The first-order valence-corrected chi connectivity index (χ1v) is 11.1. The van der Waals surface area contributed by atoms with E-state index in [9.17, 15) is 8.42 Å². The fourth-order valence-corrected chi connectivity index (χ4v) is 4.96. The smallest absolute Gasteiger partial charge is 0.240 e. The number of benzene rings is 1. The molecule has 148 valence electrons. The molecule has 6 nitrogen and oxygen atoms in total. The van der Waals surface area contributed by atoms with Crippen molar-refractivity contribution in [2.75, 3.05) is 26.2 Å². The lowest BCUT2D eigenvalue weighted by Gasteiger charge is -2.30. The van der Waals surface area contributed by atoms with E-state index in [1.165, 1.54) is 12.8 Å². The number of piperidine rings is 1. The Kier molecular flexibility index (Phi) is 6.34. The van der Waals surface area contributed by atoms with Crippen molar-refractivity contribution >= 4 is 10.0 Å². The first-order chi connectivity index (χ1) is 12.8. The van der Waals surface area contributed by atoms with E-state index in [4.69, 9.17) is 4.52 Å². The molecule has 7 heteroatoms. The second kappa shape index (κ2) is 8.54. The molecule has 0 bridgehead atoms. The predicted octanol–water partition coefficient (Wildman–Crippen LogP) is 3.36. The average molecular weight is 392 g/mol. The minimum atomic E-state index is -3.56. The van der Waals surface area contributed by atoms with Gasteiger partial charge in [-0.1, -0.05) is 24.2 Å². The third-order valence-corrected chi connectivity index (χ3v) is 6.68. The van der Waals surface area contributed by atoms with E-state index in [0.717, 1.165) is 37.7 Å². The number of nitrogens with one attached hydrogen (secondary N) is 1. The fraction of sp³-hybridized carbons (Fsp3) is 0.550. The van der Waals surface area contributed by atoms with Crippen LogP contribution in [0.5, 0.6) is 0 Å². The van der Waals surface area contributed by atoms with Crippen molar-refractivity contribution in [3.63, 3.8) is 0 Å². The van der Waals surface area contributed by atoms with Crippen molar-refractivity contribution in [2.45, 2.75) is 44.9 Å². The number of hydrogen-bond acceptors (Lipinski definition) is 5. The zero-order valence-electron chi connectivity index (χ0n) is 16.4. The Labute approximate surface area is 162 Å². The molecular weight excluding hydrogens is 362 g/mol. The number of aryl methyl sites for hydroxylation is 2. The summed E-state index contributed by atoms with van der Waals surface area (Å²) in [5.41, 5.74) is 2.19. The Hall–Kier alpha value is -1.70. The van der Waals surface area contributed by atoms with E-state index in [-0.39, 0.29) is 0 Å². The van der Waals surface area contributed by atoms with E-state index < -0.39 is 10.0 Å². The molecule has 2 heterocycles. The molecule has 3 rings (SSSR count). The van der Waals surface area contributed by atoms with Crippen molar-refractivity contribution in [3.8, 4) is 11.3 Å². The van der Waals surface area contributed by atoms with Gasteiger partial charge in [-0.25, -0.2) is 13.1 Å². The quantitative estimate of drug-likeness (QED) is 0.733. The van der Waals surface area contributed by atoms with Crippen LogP contribution in [0.3, 0.4) is 0 Å². The highest BCUT2D eigenvalue weighted by molar-refractivity contribution is 7.89. The number of likely N-dealkylation sites (tertiary alicyclic amines) is 1. The highest BCUT2D eigenvalue weighted by Crippen LogP contribution is 2.25. The van der Waals surface area contributed by atoms with Gasteiger partial charge in [-0.3, -0.25) is 0 Å². The van der Waals surface area contributed by atoms with E-state index in [0.29, 0.717) is 28.3 Å². The molecule has 0 aliphatic carbocycles. The topological polar surface area (TPSA) is 75.4 Å². The Morgan fingerprint density at radius 1 is 1.30 bits per heavy atom. The van der Waals surface area contributed by atoms with Gasteiger partial charge in [-0.15, -0.1) is 0 Å². The molecule has 1 saturated heterocycles. The summed E-state index contributed by atoms with van der Waals surface area (Å²) < 4.78 is 33.6. The number of sulfonamides is 1. The van der Waals surface area contributed by atoms with Gasteiger partial charge in [0.1, 0.15) is 0 Å². The molecule has 2 aromatic rings. The molecule has 1 aromatic carbocycles. The number of hydrogen-bond donors (Lipinski definition) is 1. The number of rotatable bonds is 7. The van der Waals surface area contributed by atoms with Crippen molar-refractivity contribution in [1.82, 2.24) is 14.8 Å². The third kappa shape index (κ3) is 5.18. The molecule has 1 aliphatic heterocycles.